The fourth-order valence-electron chi connectivity index (χ4n) is 1.90. The van der Waals surface area contributed by atoms with E-state index in [0.717, 1.165) is 27.0 Å². The summed E-state index contributed by atoms with van der Waals surface area (Å²) in [5.74, 6) is 1.09. The highest BCUT2D eigenvalue weighted by atomic mass is 79.9. The second-order valence-corrected chi connectivity index (χ2v) is 5.24. The number of ether oxygens (including phenoxy) is 1. The molecule has 3 nitrogen and oxygen atoms in total. The summed E-state index contributed by atoms with van der Waals surface area (Å²) in [5.41, 5.74) is 3.20. The average molecular weight is 322 g/mol. The largest absolute Gasteiger partial charge is 0.508 e. The van der Waals surface area contributed by atoms with E-state index in [0.29, 0.717) is 6.54 Å². The Morgan fingerprint density at radius 1 is 1.21 bits per heavy atom. The molecule has 2 rings (SSSR count). The molecule has 0 fully saturated rings. The highest BCUT2D eigenvalue weighted by Crippen LogP contribution is 2.32. The zero-order valence-corrected chi connectivity index (χ0v) is 12.5. The molecule has 0 heterocycles. The van der Waals surface area contributed by atoms with Gasteiger partial charge in [0.05, 0.1) is 12.8 Å². The molecule has 0 saturated heterocycles. The van der Waals surface area contributed by atoms with Gasteiger partial charge in [-0.1, -0.05) is 28.1 Å². The minimum atomic E-state index is 0.279. The van der Waals surface area contributed by atoms with Crippen molar-refractivity contribution in [2.75, 3.05) is 12.4 Å². The molecular formula is C15H16BrNO2. The van der Waals surface area contributed by atoms with Crippen LogP contribution in [0.3, 0.4) is 0 Å². The molecule has 0 aromatic heterocycles. The van der Waals surface area contributed by atoms with Gasteiger partial charge in [-0.15, -0.1) is 0 Å². The summed E-state index contributed by atoms with van der Waals surface area (Å²) >= 11 is 3.46. The van der Waals surface area contributed by atoms with Gasteiger partial charge in [0.25, 0.3) is 0 Å². The summed E-state index contributed by atoms with van der Waals surface area (Å²) < 4.78 is 6.38. The Hall–Kier alpha value is -1.68. The standard InChI is InChI=1S/C15H16BrNO2/c1-10-7-12(16)8-14(19-2)15(10)17-9-11-3-5-13(18)6-4-11/h3-8,17-18H,9H2,1-2H3. The molecule has 0 aliphatic rings. The number of anilines is 1. The summed E-state index contributed by atoms with van der Waals surface area (Å²) in [6.07, 6.45) is 0. The van der Waals surface area contributed by atoms with Crippen LogP contribution in [0.4, 0.5) is 5.69 Å². The molecule has 2 N–H and O–H groups in total. The summed E-state index contributed by atoms with van der Waals surface area (Å²) in [4.78, 5) is 0. The number of aromatic hydroxyl groups is 1. The van der Waals surface area contributed by atoms with Crippen LogP contribution in [0.25, 0.3) is 0 Å². The molecule has 0 spiro atoms. The van der Waals surface area contributed by atoms with E-state index in [-0.39, 0.29) is 5.75 Å². The highest BCUT2D eigenvalue weighted by Gasteiger charge is 2.07. The van der Waals surface area contributed by atoms with E-state index < -0.39 is 0 Å². The second-order valence-electron chi connectivity index (χ2n) is 4.32. The normalized spacial score (nSPS) is 10.3. The maximum absolute atomic E-state index is 9.25. The molecule has 0 aliphatic heterocycles. The Morgan fingerprint density at radius 2 is 1.89 bits per heavy atom. The Labute approximate surface area is 121 Å². The van der Waals surface area contributed by atoms with Crippen molar-refractivity contribution < 1.29 is 9.84 Å². The molecule has 4 heteroatoms. The van der Waals surface area contributed by atoms with Gasteiger partial charge in [-0.25, -0.2) is 0 Å². The molecule has 0 atom stereocenters. The van der Waals surface area contributed by atoms with E-state index >= 15 is 0 Å². The van der Waals surface area contributed by atoms with Gasteiger partial charge in [-0.2, -0.15) is 0 Å². The number of phenolic OH excluding ortho intramolecular Hbond substituents is 1. The molecule has 2 aromatic carbocycles. The quantitative estimate of drug-likeness (QED) is 0.891. The lowest BCUT2D eigenvalue weighted by molar-refractivity contribution is 0.416. The minimum absolute atomic E-state index is 0.279. The first-order chi connectivity index (χ1) is 9.10. The number of hydrogen-bond acceptors (Lipinski definition) is 3. The molecule has 0 radical (unpaired) electrons. The first-order valence-corrected chi connectivity index (χ1v) is 6.75. The van der Waals surface area contributed by atoms with Crippen molar-refractivity contribution >= 4 is 21.6 Å². The molecule has 0 amide bonds. The zero-order chi connectivity index (χ0) is 13.8. The molecule has 100 valence electrons. The third kappa shape index (κ3) is 3.41. The highest BCUT2D eigenvalue weighted by molar-refractivity contribution is 9.10. The minimum Gasteiger partial charge on any atom is -0.508 e. The Kier molecular flexibility index (Phi) is 4.32. The summed E-state index contributed by atoms with van der Waals surface area (Å²) in [6, 6.07) is 11.1. The third-order valence-corrected chi connectivity index (χ3v) is 3.35. The smallest absolute Gasteiger partial charge is 0.143 e. The number of halogens is 1. The van der Waals surface area contributed by atoms with Crippen molar-refractivity contribution in [1.82, 2.24) is 0 Å². The van der Waals surface area contributed by atoms with Crippen LogP contribution in [0.2, 0.25) is 0 Å². The van der Waals surface area contributed by atoms with Gasteiger partial charge in [-0.05, 0) is 42.3 Å². The van der Waals surface area contributed by atoms with Crippen LogP contribution in [-0.4, -0.2) is 12.2 Å². The van der Waals surface area contributed by atoms with Gasteiger partial charge in [0.2, 0.25) is 0 Å². The second kappa shape index (κ2) is 5.97. The van der Waals surface area contributed by atoms with Crippen LogP contribution in [-0.2, 0) is 6.54 Å². The van der Waals surface area contributed by atoms with Crippen LogP contribution < -0.4 is 10.1 Å². The van der Waals surface area contributed by atoms with Crippen molar-refractivity contribution in [3.63, 3.8) is 0 Å². The van der Waals surface area contributed by atoms with Crippen molar-refractivity contribution in [3.8, 4) is 11.5 Å². The van der Waals surface area contributed by atoms with Gasteiger partial charge >= 0.3 is 0 Å². The lowest BCUT2D eigenvalue weighted by Crippen LogP contribution is -2.03. The van der Waals surface area contributed by atoms with E-state index in [4.69, 9.17) is 4.74 Å². The van der Waals surface area contributed by atoms with Crippen molar-refractivity contribution in [2.24, 2.45) is 0 Å². The Morgan fingerprint density at radius 3 is 2.53 bits per heavy atom. The Bertz CT molecular complexity index is 567. The van der Waals surface area contributed by atoms with Gasteiger partial charge in [0.1, 0.15) is 11.5 Å². The fourth-order valence-corrected chi connectivity index (χ4v) is 2.46. The lowest BCUT2D eigenvalue weighted by atomic mass is 10.1. The number of hydrogen-bond donors (Lipinski definition) is 2. The first-order valence-electron chi connectivity index (χ1n) is 5.96. The predicted octanol–water partition coefficient (Wildman–Crippen LogP) is 4.08. The van der Waals surface area contributed by atoms with Crippen LogP contribution in [0.15, 0.2) is 40.9 Å². The first kappa shape index (κ1) is 13.7. The van der Waals surface area contributed by atoms with E-state index in [1.807, 2.05) is 31.2 Å². The van der Waals surface area contributed by atoms with Crippen molar-refractivity contribution in [1.29, 1.82) is 0 Å². The topological polar surface area (TPSA) is 41.5 Å². The number of phenols is 1. The number of rotatable bonds is 4. The molecule has 2 aromatic rings. The molecule has 0 aliphatic carbocycles. The maximum Gasteiger partial charge on any atom is 0.143 e. The van der Waals surface area contributed by atoms with E-state index in [9.17, 15) is 5.11 Å². The van der Waals surface area contributed by atoms with Crippen LogP contribution >= 0.6 is 15.9 Å². The lowest BCUT2D eigenvalue weighted by Gasteiger charge is -2.14. The van der Waals surface area contributed by atoms with E-state index in [1.165, 1.54) is 0 Å². The molecule has 0 unspecified atom stereocenters. The van der Waals surface area contributed by atoms with Crippen LogP contribution in [0.1, 0.15) is 11.1 Å². The monoisotopic (exact) mass is 321 g/mol. The van der Waals surface area contributed by atoms with Gasteiger partial charge in [0.15, 0.2) is 0 Å². The number of benzene rings is 2. The van der Waals surface area contributed by atoms with Crippen LogP contribution in [0.5, 0.6) is 11.5 Å². The van der Waals surface area contributed by atoms with E-state index in [1.54, 1.807) is 19.2 Å². The maximum atomic E-state index is 9.25. The molecular weight excluding hydrogens is 306 g/mol. The molecule has 0 saturated carbocycles. The Balaban J connectivity index is 2.17. The van der Waals surface area contributed by atoms with Gasteiger partial charge in [0, 0.05) is 11.0 Å². The van der Waals surface area contributed by atoms with Gasteiger partial charge in [-0.3, -0.25) is 0 Å². The third-order valence-electron chi connectivity index (χ3n) is 2.89. The zero-order valence-electron chi connectivity index (χ0n) is 10.9. The number of aryl methyl sites for hydroxylation is 1. The number of nitrogens with one attached hydrogen (secondary N) is 1. The number of methoxy groups -OCH3 is 1. The molecule has 0 bridgehead atoms. The van der Waals surface area contributed by atoms with Crippen molar-refractivity contribution in [2.45, 2.75) is 13.5 Å². The SMILES string of the molecule is COc1cc(Br)cc(C)c1NCc1ccc(O)cc1. The molecule has 19 heavy (non-hydrogen) atoms. The summed E-state index contributed by atoms with van der Waals surface area (Å²) in [5, 5.41) is 12.6. The van der Waals surface area contributed by atoms with Crippen molar-refractivity contribution in [3.05, 3.63) is 52.0 Å². The summed E-state index contributed by atoms with van der Waals surface area (Å²) in [6.45, 7) is 2.71. The van der Waals surface area contributed by atoms with E-state index in [2.05, 4.69) is 21.2 Å². The fraction of sp³-hybridized carbons (Fsp3) is 0.200. The predicted molar refractivity (Wildman–Crippen MR) is 80.9 cm³/mol. The van der Waals surface area contributed by atoms with Gasteiger partial charge < -0.3 is 15.2 Å². The average Bonchev–Trinajstić information content (AvgIpc) is 2.39. The summed E-state index contributed by atoms with van der Waals surface area (Å²) in [7, 11) is 1.66. The van der Waals surface area contributed by atoms with Crippen LogP contribution in [0, 0.1) is 6.92 Å².